The smallest absolute Gasteiger partial charge is 0.312 e. The van der Waals surface area contributed by atoms with Crippen LogP contribution in [0.1, 0.15) is 5.76 Å². The summed E-state index contributed by atoms with van der Waals surface area (Å²) in [4.78, 5) is 10.2. The Morgan fingerprint density at radius 1 is 1.50 bits per heavy atom. The molecule has 0 spiro atoms. The summed E-state index contributed by atoms with van der Waals surface area (Å²) in [6, 6.07) is 6.66. The Morgan fingerprint density at radius 3 is 2.93 bits per heavy atom. The Morgan fingerprint density at radius 2 is 2.29 bits per heavy atom. The summed E-state index contributed by atoms with van der Waals surface area (Å²) in [7, 11) is 0. The maximum atomic E-state index is 10.6. The van der Waals surface area contributed by atoms with Crippen molar-refractivity contribution in [3.63, 3.8) is 0 Å². The third kappa shape index (κ3) is 1.39. The van der Waals surface area contributed by atoms with Crippen molar-refractivity contribution in [2.24, 2.45) is 0 Å². The van der Waals surface area contributed by atoms with Crippen LogP contribution in [-0.4, -0.2) is 4.92 Å². The van der Waals surface area contributed by atoms with E-state index in [4.69, 9.17) is 4.42 Å². The maximum Gasteiger partial charge on any atom is 0.312 e. The van der Waals surface area contributed by atoms with E-state index in [1.54, 1.807) is 18.2 Å². The number of nitrogens with zero attached hydrogens (tertiary/aromatic N) is 1. The van der Waals surface area contributed by atoms with Crippen molar-refractivity contribution in [3.8, 4) is 0 Å². The molecule has 0 radical (unpaired) electrons. The quantitative estimate of drug-likeness (QED) is 0.470. The lowest BCUT2D eigenvalue weighted by molar-refractivity contribution is -0.383. The van der Waals surface area contributed by atoms with Gasteiger partial charge in [-0.1, -0.05) is 28.1 Å². The molecule has 0 aliphatic heterocycles. The number of furan rings is 1. The molecule has 0 N–H and O–H groups in total. The Bertz CT molecular complexity index is 492. The molecule has 0 aliphatic rings. The molecule has 14 heavy (non-hydrogen) atoms. The van der Waals surface area contributed by atoms with Gasteiger partial charge in [0.25, 0.3) is 0 Å². The van der Waals surface area contributed by atoms with Crippen LogP contribution >= 0.6 is 15.9 Å². The van der Waals surface area contributed by atoms with Gasteiger partial charge in [0.15, 0.2) is 0 Å². The normalized spacial score (nSPS) is 10.6. The van der Waals surface area contributed by atoms with Crippen LogP contribution in [0.25, 0.3) is 11.0 Å². The molecular weight excluding hydrogens is 250 g/mol. The van der Waals surface area contributed by atoms with E-state index in [9.17, 15) is 10.1 Å². The van der Waals surface area contributed by atoms with Crippen molar-refractivity contribution < 1.29 is 9.34 Å². The lowest BCUT2D eigenvalue weighted by Gasteiger charge is -1.90. The number of fused-ring (bicyclic) bond motifs is 1. The Labute approximate surface area is 87.8 Å². The van der Waals surface area contributed by atoms with Gasteiger partial charge < -0.3 is 4.42 Å². The first kappa shape index (κ1) is 9.21. The van der Waals surface area contributed by atoms with Gasteiger partial charge in [-0.25, -0.2) is 0 Å². The van der Waals surface area contributed by atoms with Crippen molar-refractivity contribution in [2.75, 3.05) is 0 Å². The van der Waals surface area contributed by atoms with E-state index in [0.29, 0.717) is 16.7 Å². The zero-order valence-electron chi connectivity index (χ0n) is 7.07. The maximum absolute atomic E-state index is 10.6. The predicted octanol–water partition coefficient (Wildman–Crippen LogP) is 3.24. The van der Waals surface area contributed by atoms with Gasteiger partial charge in [-0.2, -0.15) is 0 Å². The number of hydrogen-bond acceptors (Lipinski definition) is 3. The summed E-state index contributed by atoms with van der Waals surface area (Å²) in [5, 5.41) is 12.0. The largest absolute Gasteiger partial charge is 0.453 e. The van der Waals surface area contributed by atoms with Crippen molar-refractivity contribution >= 4 is 32.6 Å². The second-order valence-electron chi connectivity index (χ2n) is 2.80. The highest BCUT2D eigenvalue weighted by Gasteiger charge is 2.15. The first-order valence-electron chi connectivity index (χ1n) is 3.94. The summed E-state index contributed by atoms with van der Waals surface area (Å²) in [5.41, 5.74) is 0.349. The van der Waals surface area contributed by atoms with E-state index in [1.807, 2.05) is 0 Å². The topological polar surface area (TPSA) is 56.3 Å². The predicted molar refractivity (Wildman–Crippen MR) is 55.5 cm³/mol. The summed E-state index contributed by atoms with van der Waals surface area (Å²) in [6.07, 6.45) is 0. The van der Waals surface area contributed by atoms with Gasteiger partial charge in [0.2, 0.25) is 5.58 Å². The second kappa shape index (κ2) is 3.42. The number of para-hydroxylation sites is 1. The minimum atomic E-state index is -0.441. The monoisotopic (exact) mass is 255 g/mol. The molecular formula is C9H6BrNO3. The van der Waals surface area contributed by atoms with Crippen LogP contribution in [-0.2, 0) is 5.33 Å². The minimum absolute atomic E-state index is 0.00898. The van der Waals surface area contributed by atoms with E-state index in [2.05, 4.69) is 15.9 Å². The summed E-state index contributed by atoms with van der Waals surface area (Å²) in [6.45, 7) is 0. The van der Waals surface area contributed by atoms with Crippen LogP contribution in [0, 0.1) is 10.1 Å². The van der Waals surface area contributed by atoms with Gasteiger partial charge in [0.1, 0.15) is 5.76 Å². The number of nitro benzene ring substituents is 1. The fraction of sp³-hybridized carbons (Fsp3) is 0.111. The van der Waals surface area contributed by atoms with E-state index in [-0.39, 0.29) is 5.69 Å². The van der Waals surface area contributed by atoms with Crippen molar-refractivity contribution in [3.05, 3.63) is 40.1 Å². The molecule has 0 fully saturated rings. The SMILES string of the molecule is O=[N+]([O-])c1cccc2cc(CBr)oc12. The summed E-state index contributed by atoms with van der Waals surface area (Å²) >= 11 is 3.23. The van der Waals surface area contributed by atoms with Crippen LogP contribution in [0.5, 0.6) is 0 Å². The molecule has 0 amide bonds. The van der Waals surface area contributed by atoms with Gasteiger partial charge in [0, 0.05) is 11.5 Å². The number of rotatable bonds is 2. The van der Waals surface area contributed by atoms with Gasteiger partial charge in [-0.3, -0.25) is 10.1 Å². The number of non-ortho nitro benzene ring substituents is 1. The third-order valence-corrected chi connectivity index (χ3v) is 2.46. The molecule has 2 rings (SSSR count). The van der Waals surface area contributed by atoms with Crippen LogP contribution in [0.3, 0.4) is 0 Å². The number of nitro groups is 1. The van der Waals surface area contributed by atoms with Crippen molar-refractivity contribution in [2.45, 2.75) is 5.33 Å². The van der Waals surface area contributed by atoms with E-state index in [1.165, 1.54) is 6.07 Å². The molecule has 0 atom stereocenters. The lowest BCUT2D eigenvalue weighted by Crippen LogP contribution is -1.86. The van der Waals surface area contributed by atoms with Gasteiger partial charge in [-0.15, -0.1) is 0 Å². The van der Waals surface area contributed by atoms with Crippen LogP contribution in [0.4, 0.5) is 5.69 Å². The number of hydrogen-bond donors (Lipinski definition) is 0. The molecule has 72 valence electrons. The summed E-state index contributed by atoms with van der Waals surface area (Å²) < 4.78 is 5.32. The zero-order valence-corrected chi connectivity index (χ0v) is 8.65. The molecule has 1 heterocycles. The molecule has 0 aliphatic carbocycles. The van der Waals surface area contributed by atoms with Gasteiger partial charge in [-0.05, 0) is 6.07 Å². The van der Waals surface area contributed by atoms with E-state index < -0.39 is 4.92 Å². The summed E-state index contributed by atoms with van der Waals surface area (Å²) in [5.74, 6) is 0.689. The fourth-order valence-electron chi connectivity index (χ4n) is 1.31. The number of halogens is 1. The lowest BCUT2D eigenvalue weighted by atomic mass is 10.2. The highest BCUT2D eigenvalue weighted by Crippen LogP contribution is 2.28. The first-order chi connectivity index (χ1) is 6.72. The van der Waals surface area contributed by atoms with Gasteiger partial charge in [0.05, 0.1) is 10.3 Å². The average Bonchev–Trinajstić information content (AvgIpc) is 2.59. The van der Waals surface area contributed by atoms with Crippen LogP contribution in [0.15, 0.2) is 28.7 Å². The molecule has 4 nitrogen and oxygen atoms in total. The number of benzene rings is 1. The molecule has 1 aromatic carbocycles. The highest BCUT2D eigenvalue weighted by atomic mass is 79.9. The van der Waals surface area contributed by atoms with Crippen LogP contribution < -0.4 is 0 Å². The zero-order chi connectivity index (χ0) is 10.1. The second-order valence-corrected chi connectivity index (χ2v) is 3.36. The third-order valence-electron chi connectivity index (χ3n) is 1.90. The van der Waals surface area contributed by atoms with Gasteiger partial charge >= 0.3 is 5.69 Å². The fourth-order valence-corrected chi connectivity index (χ4v) is 1.59. The Hall–Kier alpha value is -1.36. The molecule has 0 unspecified atom stereocenters. The van der Waals surface area contributed by atoms with Crippen molar-refractivity contribution in [1.82, 2.24) is 0 Å². The van der Waals surface area contributed by atoms with Crippen LogP contribution in [0.2, 0.25) is 0 Å². The Kier molecular flexibility index (Phi) is 2.25. The standard InChI is InChI=1S/C9H6BrNO3/c10-5-7-4-6-2-1-3-8(11(12)13)9(6)14-7/h1-4H,5H2. The molecule has 5 heteroatoms. The average molecular weight is 256 g/mol. The molecule has 1 aromatic heterocycles. The van der Waals surface area contributed by atoms with E-state index in [0.717, 1.165) is 5.39 Å². The molecule has 2 aromatic rings. The Balaban J connectivity index is 2.73. The first-order valence-corrected chi connectivity index (χ1v) is 5.06. The minimum Gasteiger partial charge on any atom is -0.453 e. The van der Waals surface area contributed by atoms with Crippen molar-refractivity contribution in [1.29, 1.82) is 0 Å². The highest BCUT2D eigenvalue weighted by molar-refractivity contribution is 9.08. The molecule has 0 bridgehead atoms. The molecule has 0 saturated carbocycles. The number of alkyl halides is 1. The molecule has 0 saturated heterocycles. The van der Waals surface area contributed by atoms with E-state index >= 15 is 0 Å².